The number of aromatic nitrogens is 4. The SMILES string of the molecule is O=C(O)CCC(NC(=O)c1ccc(NCC2c3cnc4nc2ncc4n3)cc1)C(=O)O. The first-order valence-corrected chi connectivity index (χ1v) is 9.49. The van der Waals surface area contributed by atoms with Gasteiger partial charge in [0.05, 0.1) is 24.0 Å². The summed E-state index contributed by atoms with van der Waals surface area (Å²) in [5, 5.41) is 23.5. The van der Waals surface area contributed by atoms with Gasteiger partial charge in [0.2, 0.25) is 0 Å². The fraction of sp³-hybridized carbons (Fsp3) is 0.250. The molecule has 0 fully saturated rings. The molecule has 0 spiro atoms. The molecule has 5 heterocycles. The number of amides is 1. The minimum atomic E-state index is -1.28. The summed E-state index contributed by atoms with van der Waals surface area (Å²) < 4.78 is 0. The van der Waals surface area contributed by atoms with E-state index >= 15 is 0 Å². The van der Waals surface area contributed by atoms with Crippen molar-refractivity contribution in [1.29, 1.82) is 0 Å². The summed E-state index contributed by atoms with van der Waals surface area (Å²) in [6.07, 6.45) is 2.79. The molecule has 31 heavy (non-hydrogen) atoms. The van der Waals surface area contributed by atoms with Crippen LogP contribution in [0.15, 0.2) is 36.7 Å². The Balaban J connectivity index is 1.37. The van der Waals surface area contributed by atoms with Crippen molar-refractivity contribution >= 4 is 34.7 Å². The fourth-order valence-electron chi connectivity index (χ4n) is 3.24. The summed E-state index contributed by atoms with van der Waals surface area (Å²) in [5.41, 5.74) is 3.00. The van der Waals surface area contributed by atoms with Crippen LogP contribution in [0, 0.1) is 0 Å². The first-order valence-electron chi connectivity index (χ1n) is 9.49. The Morgan fingerprint density at radius 2 is 1.81 bits per heavy atom. The van der Waals surface area contributed by atoms with Crippen molar-refractivity contribution in [3.05, 3.63) is 53.7 Å². The van der Waals surface area contributed by atoms with Crippen LogP contribution in [0.1, 0.15) is 40.6 Å². The Morgan fingerprint density at radius 3 is 2.52 bits per heavy atom. The van der Waals surface area contributed by atoms with Gasteiger partial charge in [-0.15, -0.1) is 0 Å². The first kappa shape index (κ1) is 20.1. The van der Waals surface area contributed by atoms with E-state index in [4.69, 9.17) is 5.11 Å². The highest BCUT2D eigenvalue weighted by atomic mass is 16.4. The third-order valence-electron chi connectivity index (χ3n) is 4.91. The average molecular weight is 422 g/mol. The lowest BCUT2D eigenvalue weighted by atomic mass is 10.1. The summed E-state index contributed by atoms with van der Waals surface area (Å²) in [7, 11) is 0. The molecule has 2 unspecified atom stereocenters. The van der Waals surface area contributed by atoms with E-state index in [1.54, 1.807) is 36.7 Å². The fourth-order valence-corrected chi connectivity index (χ4v) is 3.24. The van der Waals surface area contributed by atoms with Gasteiger partial charge in [-0.1, -0.05) is 0 Å². The number of nitrogens with zero attached hydrogens (tertiary/aromatic N) is 4. The smallest absolute Gasteiger partial charge is 0.326 e. The molecule has 158 valence electrons. The molecular formula is C20H18N6O5. The molecule has 0 radical (unpaired) electrons. The van der Waals surface area contributed by atoms with Crippen LogP contribution in [-0.2, 0) is 9.59 Å². The molecule has 1 amide bonds. The quantitative estimate of drug-likeness (QED) is 0.391. The van der Waals surface area contributed by atoms with E-state index in [0.717, 1.165) is 11.4 Å². The summed E-state index contributed by atoms with van der Waals surface area (Å²) >= 11 is 0. The number of nitrogens with one attached hydrogen (secondary N) is 2. The van der Waals surface area contributed by atoms with Gasteiger partial charge in [-0.05, 0) is 30.7 Å². The molecule has 0 saturated heterocycles. The maximum atomic E-state index is 12.3. The monoisotopic (exact) mass is 422 g/mol. The van der Waals surface area contributed by atoms with Gasteiger partial charge in [0, 0.05) is 24.2 Å². The summed E-state index contributed by atoms with van der Waals surface area (Å²) in [4.78, 5) is 51.7. The number of fused-ring (bicyclic) bond motifs is 2. The molecule has 2 atom stereocenters. The predicted octanol–water partition coefficient (Wildman–Crippen LogP) is 1.02. The van der Waals surface area contributed by atoms with Crippen LogP contribution in [0.3, 0.4) is 0 Å². The minimum Gasteiger partial charge on any atom is -0.481 e. The lowest BCUT2D eigenvalue weighted by Crippen LogP contribution is -2.41. The molecule has 4 bridgehead atoms. The molecule has 4 N–H and O–H groups in total. The largest absolute Gasteiger partial charge is 0.481 e. The highest BCUT2D eigenvalue weighted by Gasteiger charge is 2.24. The Hall–Kier alpha value is -4.15. The van der Waals surface area contributed by atoms with Crippen LogP contribution in [0.2, 0.25) is 0 Å². The van der Waals surface area contributed by atoms with Gasteiger partial charge >= 0.3 is 11.9 Å². The number of carboxylic acid groups (broad SMARTS) is 2. The highest BCUT2D eigenvalue weighted by Crippen LogP contribution is 2.26. The van der Waals surface area contributed by atoms with Gasteiger partial charge in [0.25, 0.3) is 5.91 Å². The molecule has 3 aliphatic heterocycles. The third-order valence-corrected chi connectivity index (χ3v) is 4.91. The number of aliphatic carboxylic acids is 2. The average Bonchev–Trinajstić information content (AvgIpc) is 3.07. The van der Waals surface area contributed by atoms with Crippen molar-refractivity contribution in [3.8, 4) is 0 Å². The van der Waals surface area contributed by atoms with Crippen LogP contribution in [0.25, 0.3) is 11.2 Å². The second-order valence-corrected chi connectivity index (χ2v) is 7.04. The topological polar surface area (TPSA) is 167 Å². The molecule has 0 aliphatic carbocycles. The maximum Gasteiger partial charge on any atom is 0.326 e. The number of carbonyl (C=O) groups excluding carboxylic acids is 1. The number of benzene rings is 1. The Labute approximate surface area is 175 Å². The molecule has 1 aromatic carbocycles. The van der Waals surface area contributed by atoms with E-state index in [1.165, 1.54) is 0 Å². The van der Waals surface area contributed by atoms with E-state index < -0.39 is 23.9 Å². The van der Waals surface area contributed by atoms with Crippen LogP contribution in [0.5, 0.6) is 0 Å². The molecule has 6 rings (SSSR count). The zero-order chi connectivity index (χ0) is 22.0. The van der Waals surface area contributed by atoms with E-state index in [9.17, 15) is 19.5 Å². The van der Waals surface area contributed by atoms with Crippen LogP contribution in [0.4, 0.5) is 5.69 Å². The van der Waals surface area contributed by atoms with Crippen molar-refractivity contribution in [2.75, 3.05) is 11.9 Å². The summed E-state index contributed by atoms with van der Waals surface area (Å²) in [6, 6.07) is 5.22. The zero-order valence-electron chi connectivity index (χ0n) is 16.1. The second-order valence-electron chi connectivity index (χ2n) is 7.04. The van der Waals surface area contributed by atoms with Gasteiger partial charge in [-0.3, -0.25) is 9.59 Å². The van der Waals surface area contributed by atoms with Crippen LogP contribution in [-0.4, -0.2) is 60.6 Å². The lowest BCUT2D eigenvalue weighted by molar-refractivity contribution is -0.140. The molecule has 11 heteroatoms. The van der Waals surface area contributed by atoms with E-state index in [0.29, 0.717) is 23.5 Å². The summed E-state index contributed by atoms with van der Waals surface area (Å²) in [5.74, 6) is -2.53. The van der Waals surface area contributed by atoms with Crippen LogP contribution >= 0.6 is 0 Å². The summed E-state index contributed by atoms with van der Waals surface area (Å²) in [6.45, 7) is 0.476. The molecule has 3 aliphatic rings. The van der Waals surface area contributed by atoms with Gasteiger partial charge < -0.3 is 20.8 Å². The Bertz CT molecular complexity index is 1120. The van der Waals surface area contributed by atoms with Crippen molar-refractivity contribution in [2.45, 2.75) is 24.8 Å². The van der Waals surface area contributed by atoms with E-state index in [1.807, 2.05) is 0 Å². The highest BCUT2D eigenvalue weighted by molar-refractivity contribution is 5.96. The third kappa shape index (κ3) is 4.39. The van der Waals surface area contributed by atoms with E-state index in [2.05, 4.69) is 30.6 Å². The molecule has 2 aromatic heterocycles. The number of hydrogen-bond acceptors (Lipinski definition) is 8. The number of hydrogen-bond donors (Lipinski definition) is 4. The Kier molecular flexibility index (Phi) is 5.39. The van der Waals surface area contributed by atoms with Crippen LogP contribution < -0.4 is 10.6 Å². The van der Waals surface area contributed by atoms with Crippen molar-refractivity contribution in [1.82, 2.24) is 25.3 Å². The standard InChI is InChI=1S/C20H18N6O5/c27-16(28)6-5-13(20(30)31)25-19(29)10-1-3-11(4-2-10)21-7-12-14-8-23-18-15(24-14)9-22-17(12)26-18/h1-4,8-9,12-13,21H,5-7H2,(H,25,29)(H,27,28)(H,30,31). The number of carboxylic acids is 2. The normalized spacial score (nSPS) is 15.0. The van der Waals surface area contributed by atoms with Gasteiger partial charge in [-0.2, -0.15) is 0 Å². The predicted molar refractivity (Wildman–Crippen MR) is 108 cm³/mol. The van der Waals surface area contributed by atoms with Gasteiger partial charge in [0.1, 0.15) is 17.4 Å². The van der Waals surface area contributed by atoms with Crippen molar-refractivity contribution in [2.24, 2.45) is 0 Å². The first-order chi connectivity index (χ1) is 14.9. The molecule has 0 saturated carbocycles. The zero-order valence-corrected chi connectivity index (χ0v) is 16.1. The number of anilines is 1. The van der Waals surface area contributed by atoms with Gasteiger partial charge in [0.15, 0.2) is 5.65 Å². The maximum absolute atomic E-state index is 12.3. The molecular weight excluding hydrogens is 404 g/mol. The van der Waals surface area contributed by atoms with Crippen molar-refractivity contribution < 1.29 is 24.6 Å². The van der Waals surface area contributed by atoms with E-state index in [-0.39, 0.29) is 24.3 Å². The van der Waals surface area contributed by atoms with Gasteiger partial charge in [-0.25, -0.2) is 24.7 Å². The van der Waals surface area contributed by atoms with Crippen molar-refractivity contribution in [3.63, 3.8) is 0 Å². The second kappa shape index (κ2) is 8.30. The number of rotatable bonds is 9. The molecule has 11 nitrogen and oxygen atoms in total. The minimum absolute atomic E-state index is 0.161. The lowest BCUT2D eigenvalue weighted by Gasteiger charge is -2.15. The molecule has 3 aromatic rings. The Morgan fingerprint density at radius 1 is 1.03 bits per heavy atom. The number of carbonyl (C=O) groups is 3.